The third kappa shape index (κ3) is 4.51. The predicted molar refractivity (Wildman–Crippen MR) is 109 cm³/mol. The van der Waals surface area contributed by atoms with Gasteiger partial charge in [-0.15, -0.1) is 0 Å². The molecule has 1 fully saturated rings. The van der Waals surface area contributed by atoms with Gasteiger partial charge in [0, 0.05) is 41.9 Å². The van der Waals surface area contributed by atoms with Crippen LogP contribution in [-0.2, 0) is 16.0 Å². The van der Waals surface area contributed by atoms with Crippen molar-refractivity contribution in [2.24, 2.45) is 0 Å². The number of aromatic amines is 1. The van der Waals surface area contributed by atoms with Crippen molar-refractivity contribution in [3.63, 3.8) is 0 Å². The maximum atomic E-state index is 14.5. The van der Waals surface area contributed by atoms with E-state index >= 15 is 0 Å². The molecule has 1 atom stereocenters. The zero-order chi connectivity index (χ0) is 22.8. The maximum absolute atomic E-state index is 14.5. The Hall–Kier alpha value is -3.62. The number of amides is 2. The fourth-order valence-electron chi connectivity index (χ4n) is 3.73. The van der Waals surface area contributed by atoms with Crippen LogP contribution >= 0.6 is 0 Å². The van der Waals surface area contributed by atoms with E-state index in [4.69, 9.17) is 0 Å². The van der Waals surface area contributed by atoms with Crippen molar-refractivity contribution in [2.45, 2.75) is 25.3 Å². The van der Waals surface area contributed by atoms with Gasteiger partial charge in [0.2, 0.25) is 11.8 Å². The van der Waals surface area contributed by atoms with Gasteiger partial charge in [0.05, 0.1) is 5.69 Å². The number of nitrogens with one attached hydrogen (secondary N) is 3. The minimum atomic E-state index is -0.827. The van der Waals surface area contributed by atoms with E-state index in [1.54, 1.807) is 6.07 Å². The Morgan fingerprint density at radius 3 is 2.22 bits per heavy atom. The Bertz CT molecular complexity index is 1190. The first-order valence-electron chi connectivity index (χ1n) is 10.0. The summed E-state index contributed by atoms with van der Waals surface area (Å²) in [7, 11) is 0. The van der Waals surface area contributed by atoms with Crippen molar-refractivity contribution in [3.05, 3.63) is 71.3 Å². The van der Waals surface area contributed by atoms with E-state index in [9.17, 15) is 27.2 Å². The lowest BCUT2D eigenvalue weighted by atomic mass is 10.0. The Balaban J connectivity index is 1.64. The van der Waals surface area contributed by atoms with Crippen molar-refractivity contribution in [1.29, 1.82) is 0 Å². The van der Waals surface area contributed by atoms with Gasteiger partial charge in [-0.2, -0.15) is 0 Å². The second kappa shape index (κ2) is 8.86. The van der Waals surface area contributed by atoms with Crippen LogP contribution in [0.4, 0.5) is 17.6 Å². The van der Waals surface area contributed by atoms with Gasteiger partial charge in [-0.3, -0.25) is 9.59 Å². The number of benzene rings is 2. The molecule has 4 rings (SSSR count). The van der Waals surface area contributed by atoms with Gasteiger partial charge in [-0.1, -0.05) is 0 Å². The minimum Gasteiger partial charge on any atom is -0.354 e. The summed E-state index contributed by atoms with van der Waals surface area (Å²) in [6, 6.07) is 7.09. The summed E-state index contributed by atoms with van der Waals surface area (Å²) in [5, 5.41) is 5.27. The molecular weight excluding hydrogens is 426 g/mol. The first-order chi connectivity index (χ1) is 15.3. The predicted octanol–water partition coefficient (Wildman–Crippen LogP) is 3.84. The normalized spacial score (nSPS) is 15.6. The molecule has 1 aliphatic heterocycles. The van der Waals surface area contributed by atoms with Gasteiger partial charge in [-0.05, 0) is 48.7 Å². The molecular formula is C23H19F4N3O2. The third-order valence-corrected chi connectivity index (χ3v) is 5.33. The monoisotopic (exact) mass is 445 g/mol. The van der Waals surface area contributed by atoms with Crippen LogP contribution in [0.2, 0.25) is 0 Å². The molecule has 2 amide bonds. The Kier molecular flexibility index (Phi) is 5.98. The van der Waals surface area contributed by atoms with E-state index < -0.39 is 29.3 Å². The number of H-pyrrole nitrogens is 1. The van der Waals surface area contributed by atoms with Gasteiger partial charge in [0.1, 0.15) is 29.3 Å². The van der Waals surface area contributed by atoms with Crippen LogP contribution in [-0.4, -0.2) is 29.4 Å². The van der Waals surface area contributed by atoms with Crippen LogP contribution < -0.4 is 10.6 Å². The van der Waals surface area contributed by atoms with Gasteiger partial charge in [0.15, 0.2) is 0 Å². The molecule has 0 radical (unpaired) electrons. The van der Waals surface area contributed by atoms with E-state index in [0.717, 1.165) is 24.3 Å². The van der Waals surface area contributed by atoms with Crippen LogP contribution in [0.25, 0.3) is 22.5 Å². The second-order valence-electron chi connectivity index (χ2n) is 7.53. The van der Waals surface area contributed by atoms with Gasteiger partial charge < -0.3 is 15.6 Å². The number of aromatic nitrogens is 1. The zero-order valence-corrected chi connectivity index (χ0v) is 16.8. The van der Waals surface area contributed by atoms with E-state index in [0.29, 0.717) is 18.5 Å². The smallest absolute Gasteiger partial charge is 0.242 e. The lowest BCUT2D eigenvalue weighted by molar-refractivity contribution is -0.127. The number of hydrogen-bond donors (Lipinski definition) is 3. The third-order valence-electron chi connectivity index (χ3n) is 5.33. The lowest BCUT2D eigenvalue weighted by Crippen LogP contribution is -2.40. The molecule has 0 spiro atoms. The number of rotatable bonds is 6. The van der Waals surface area contributed by atoms with Crippen LogP contribution in [0, 0.1) is 23.3 Å². The summed E-state index contributed by atoms with van der Waals surface area (Å²) < 4.78 is 55.5. The molecule has 0 saturated carbocycles. The molecule has 5 nitrogen and oxygen atoms in total. The van der Waals surface area contributed by atoms with E-state index in [1.165, 1.54) is 12.1 Å². The largest absolute Gasteiger partial charge is 0.354 e. The van der Waals surface area contributed by atoms with E-state index in [-0.39, 0.29) is 47.2 Å². The highest BCUT2D eigenvalue weighted by atomic mass is 19.1. The molecule has 1 aromatic heterocycles. The number of halogens is 4. The van der Waals surface area contributed by atoms with E-state index in [1.807, 2.05) is 0 Å². The summed E-state index contributed by atoms with van der Waals surface area (Å²) in [5.74, 6) is -3.74. The molecule has 3 N–H and O–H groups in total. The highest BCUT2D eigenvalue weighted by Crippen LogP contribution is 2.33. The Labute approximate surface area is 180 Å². The average molecular weight is 445 g/mol. The number of carbonyl (C=O) groups excluding carboxylic acids is 2. The zero-order valence-electron chi connectivity index (χ0n) is 16.8. The average Bonchev–Trinajstić information content (AvgIpc) is 3.33. The highest BCUT2D eigenvalue weighted by Gasteiger charge is 2.25. The second-order valence-corrected chi connectivity index (χ2v) is 7.53. The summed E-state index contributed by atoms with van der Waals surface area (Å²) in [5.41, 5.74) is 1.11. The number of hydrogen-bond acceptors (Lipinski definition) is 2. The Morgan fingerprint density at radius 1 is 0.969 bits per heavy atom. The van der Waals surface area contributed by atoms with Crippen LogP contribution in [0.5, 0.6) is 0 Å². The molecule has 1 saturated heterocycles. The van der Waals surface area contributed by atoms with Crippen LogP contribution in [0.15, 0.2) is 42.5 Å². The summed E-state index contributed by atoms with van der Waals surface area (Å²) in [6.07, 6.45) is 0.628. The summed E-state index contributed by atoms with van der Waals surface area (Å²) in [6.45, 7) is 0.488. The molecule has 2 heterocycles. The van der Waals surface area contributed by atoms with Crippen molar-refractivity contribution in [3.8, 4) is 22.5 Å². The molecule has 1 aliphatic rings. The lowest BCUT2D eigenvalue weighted by Gasteiger charge is -2.10. The van der Waals surface area contributed by atoms with Gasteiger partial charge >= 0.3 is 0 Å². The molecule has 0 bridgehead atoms. The van der Waals surface area contributed by atoms with E-state index in [2.05, 4.69) is 15.6 Å². The highest BCUT2D eigenvalue weighted by molar-refractivity contribution is 5.89. The standard InChI is InChI=1S/C23H19F4N3O2/c24-13-2-4-15(17(26)10-13)20-9-12(1-6-21(31)29-19-7-8-28-23(19)32)22(30-20)16-5-3-14(25)11-18(16)27/h2-5,9-11,19,30H,1,6-8H2,(H,28,32)(H,29,31). The molecule has 0 aliphatic carbocycles. The molecule has 3 aromatic rings. The number of aryl methyl sites for hydroxylation is 1. The fourth-order valence-corrected chi connectivity index (χ4v) is 3.73. The van der Waals surface area contributed by atoms with Crippen molar-refractivity contribution >= 4 is 11.8 Å². The summed E-state index contributed by atoms with van der Waals surface area (Å²) >= 11 is 0. The molecule has 2 aromatic carbocycles. The van der Waals surface area contributed by atoms with Crippen molar-refractivity contribution in [2.75, 3.05) is 6.54 Å². The molecule has 1 unspecified atom stereocenters. The Morgan fingerprint density at radius 2 is 1.62 bits per heavy atom. The summed E-state index contributed by atoms with van der Waals surface area (Å²) in [4.78, 5) is 26.9. The molecule has 9 heteroatoms. The van der Waals surface area contributed by atoms with Gasteiger partial charge in [0.25, 0.3) is 0 Å². The fraction of sp³-hybridized carbons (Fsp3) is 0.217. The van der Waals surface area contributed by atoms with Crippen LogP contribution in [0.1, 0.15) is 18.4 Å². The first kappa shape index (κ1) is 21.6. The molecule has 166 valence electrons. The van der Waals surface area contributed by atoms with Crippen molar-refractivity contribution < 1.29 is 27.2 Å². The maximum Gasteiger partial charge on any atom is 0.242 e. The van der Waals surface area contributed by atoms with Crippen molar-refractivity contribution in [1.82, 2.24) is 15.6 Å². The topological polar surface area (TPSA) is 74.0 Å². The number of carbonyl (C=O) groups is 2. The quantitative estimate of drug-likeness (QED) is 0.505. The van der Waals surface area contributed by atoms with Gasteiger partial charge in [-0.25, -0.2) is 17.6 Å². The first-order valence-corrected chi connectivity index (χ1v) is 10.0. The minimum absolute atomic E-state index is 0.0111. The van der Waals surface area contributed by atoms with Crippen LogP contribution in [0.3, 0.4) is 0 Å². The molecule has 32 heavy (non-hydrogen) atoms. The SMILES string of the molecule is O=C(CCc1cc(-c2ccc(F)cc2F)[nH]c1-c1ccc(F)cc1F)NC1CCNC1=O.